The van der Waals surface area contributed by atoms with E-state index in [4.69, 9.17) is 4.74 Å². The van der Waals surface area contributed by atoms with Gasteiger partial charge in [0, 0.05) is 24.8 Å². The molecule has 1 aromatic carbocycles. The predicted octanol–water partition coefficient (Wildman–Crippen LogP) is 2.17. The molecule has 0 bridgehead atoms. The molecule has 3 nitrogen and oxygen atoms in total. The molecule has 0 aromatic heterocycles. The number of rotatable bonds is 2. The highest BCUT2D eigenvalue weighted by Crippen LogP contribution is 2.34. The third-order valence-electron chi connectivity index (χ3n) is 4.47. The Kier molecular flexibility index (Phi) is 4.43. The first-order valence-corrected chi connectivity index (χ1v) is 7.83. The molecule has 0 spiro atoms. The van der Waals surface area contributed by atoms with E-state index in [1.165, 1.54) is 11.8 Å². The van der Waals surface area contributed by atoms with Crippen molar-refractivity contribution < 1.29 is 14.4 Å². The second-order valence-electron chi connectivity index (χ2n) is 7.50. The maximum Gasteiger partial charge on any atom is 0.303 e. The summed E-state index contributed by atoms with van der Waals surface area (Å²) in [5.41, 5.74) is 0.774. The van der Waals surface area contributed by atoms with Gasteiger partial charge in [0.25, 0.3) is 0 Å². The number of carbonyl (C=O) groups excluding carboxylic acids is 1. The lowest BCUT2D eigenvalue weighted by Crippen LogP contribution is -3.21. The van der Waals surface area contributed by atoms with Crippen molar-refractivity contribution in [1.29, 1.82) is 0 Å². The third-order valence-corrected chi connectivity index (χ3v) is 4.47. The summed E-state index contributed by atoms with van der Waals surface area (Å²) in [7, 11) is 0. The van der Waals surface area contributed by atoms with Crippen LogP contribution in [0.4, 0.5) is 0 Å². The number of piperidine rings is 1. The molecule has 0 saturated carbocycles. The first-order chi connectivity index (χ1) is 9.73. The Labute approximate surface area is 128 Å². The molecule has 21 heavy (non-hydrogen) atoms. The summed E-state index contributed by atoms with van der Waals surface area (Å²) in [5, 5.41) is 0. The number of ether oxygens (including phenoxy) is 1. The standard InChI is InChI=1S/C18H27NO2/c1-14-11-18(21-15(2)20,16-9-7-6-8-10-16)13-19(12-14)17(3,4)5/h6-10,14H,11-13H2,1-5H3/p+1/t14-,18-/m0/s1. The first-order valence-electron chi connectivity index (χ1n) is 7.83. The molecule has 1 fully saturated rings. The van der Waals surface area contributed by atoms with Crippen LogP contribution in [0, 0.1) is 5.92 Å². The Morgan fingerprint density at radius 3 is 2.43 bits per heavy atom. The number of hydrogen-bond donors (Lipinski definition) is 1. The summed E-state index contributed by atoms with van der Waals surface area (Å²) in [6, 6.07) is 10.2. The molecule has 116 valence electrons. The molecule has 0 amide bonds. The van der Waals surface area contributed by atoms with E-state index in [9.17, 15) is 4.79 Å². The molecule has 2 rings (SSSR count). The lowest BCUT2D eigenvalue weighted by atomic mass is 9.79. The lowest BCUT2D eigenvalue weighted by Gasteiger charge is -2.46. The number of benzene rings is 1. The van der Waals surface area contributed by atoms with Gasteiger partial charge in [-0.25, -0.2) is 0 Å². The molecule has 1 unspecified atom stereocenters. The zero-order valence-electron chi connectivity index (χ0n) is 13.9. The second kappa shape index (κ2) is 5.80. The molecule has 1 heterocycles. The third kappa shape index (κ3) is 3.65. The van der Waals surface area contributed by atoms with Gasteiger partial charge < -0.3 is 9.64 Å². The smallest absolute Gasteiger partial charge is 0.303 e. The molecule has 1 saturated heterocycles. The van der Waals surface area contributed by atoms with E-state index in [0.717, 1.165) is 25.1 Å². The van der Waals surface area contributed by atoms with Crippen molar-refractivity contribution in [2.45, 2.75) is 52.2 Å². The number of esters is 1. The van der Waals surface area contributed by atoms with Crippen LogP contribution in [-0.4, -0.2) is 24.6 Å². The minimum atomic E-state index is -0.493. The first kappa shape index (κ1) is 16.0. The SMILES string of the molecule is CC(=O)O[C@@]1(c2ccccc2)C[C@H](C)C[NH+](C(C)(C)C)C1. The summed E-state index contributed by atoms with van der Waals surface area (Å²) < 4.78 is 5.90. The van der Waals surface area contributed by atoms with Crippen LogP contribution < -0.4 is 4.90 Å². The number of quaternary nitrogens is 1. The largest absolute Gasteiger partial charge is 0.448 e. The highest BCUT2D eigenvalue weighted by Gasteiger charge is 2.48. The minimum Gasteiger partial charge on any atom is -0.448 e. The summed E-state index contributed by atoms with van der Waals surface area (Å²) in [4.78, 5) is 13.2. The zero-order valence-corrected chi connectivity index (χ0v) is 13.9. The molecule has 3 heteroatoms. The van der Waals surface area contributed by atoms with Gasteiger partial charge >= 0.3 is 5.97 Å². The van der Waals surface area contributed by atoms with Gasteiger partial charge in [0.2, 0.25) is 0 Å². The van der Waals surface area contributed by atoms with Gasteiger partial charge in [-0.1, -0.05) is 37.3 Å². The van der Waals surface area contributed by atoms with Gasteiger partial charge in [0.05, 0.1) is 12.1 Å². The molecular weight excluding hydrogens is 262 g/mol. The van der Waals surface area contributed by atoms with Crippen LogP contribution in [0.15, 0.2) is 30.3 Å². The number of carbonyl (C=O) groups is 1. The zero-order chi connectivity index (χ0) is 15.7. The summed E-state index contributed by atoms with van der Waals surface area (Å²) in [5.74, 6) is 0.328. The van der Waals surface area contributed by atoms with E-state index in [1.807, 2.05) is 18.2 Å². The van der Waals surface area contributed by atoms with Crippen LogP contribution in [-0.2, 0) is 15.1 Å². The van der Waals surface area contributed by atoms with Crippen molar-refractivity contribution >= 4 is 5.97 Å². The Hall–Kier alpha value is -1.35. The van der Waals surface area contributed by atoms with E-state index in [-0.39, 0.29) is 11.5 Å². The molecule has 1 aliphatic heterocycles. The molecule has 3 atom stereocenters. The Bertz CT molecular complexity index is 492. The summed E-state index contributed by atoms with van der Waals surface area (Å²) in [6.07, 6.45) is 0.899. The van der Waals surface area contributed by atoms with Crippen molar-refractivity contribution in [3.63, 3.8) is 0 Å². The van der Waals surface area contributed by atoms with Gasteiger partial charge in [-0.2, -0.15) is 0 Å². The van der Waals surface area contributed by atoms with Gasteiger partial charge in [-0.05, 0) is 20.8 Å². The molecular formula is C18H28NO2+. The maximum absolute atomic E-state index is 11.7. The number of likely N-dealkylation sites (tertiary alicyclic amines) is 1. The molecule has 1 aromatic rings. The Balaban J connectivity index is 2.42. The monoisotopic (exact) mass is 290 g/mol. The number of hydrogen-bond acceptors (Lipinski definition) is 2. The van der Waals surface area contributed by atoms with Crippen LogP contribution in [0.1, 0.15) is 46.6 Å². The normalized spacial score (nSPS) is 30.0. The average molecular weight is 290 g/mol. The Morgan fingerprint density at radius 2 is 1.90 bits per heavy atom. The second-order valence-corrected chi connectivity index (χ2v) is 7.50. The van der Waals surface area contributed by atoms with Crippen molar-refractivity contribution in [1.82, 2.24) is 0 Å². The quantitative estimate of drug-likeness (QED) is 0.846. The fraction of sp³-hybridized carbons (Fsp3) is 0.611. The topological polar surface area (TPSA) is 30.7 Å². The van der Waals surface area contributed by atoms with Gasteiger partial charge in [-0.15, -0.1) is 0 Å². The highest BCUT2D eigenvalue weighted by atomic mass is 16.6. The highest BCUT2D eigenvalue weighted by molar-refractivity contribution is 5.67. The van der Waals surface area contributed by atoms with Crippen molar-refractivity contribution in [3.8, 4) is 0 Å². The van der Waals surface area contributed by atoms with Crippen molar-refractivity contribution in [2.24, 2.45) is 5.92 Å². The Morgan fingerprint density at radius 1 is 1.29 bits per heavy atom. The molecule has 0 aliphatic carbocycles. The van der Waals surface area contributed by atoms with Crippen molar-refractivity contribution in [2.75, 3.05) is 13.1 Å². The van der Waals surface area contributed by atoms with Crippen molar-refractivity contribution in [3.05, 3.63) is 35.9 Å². The van der Waals surface area contributed by atoms with E-state index >= 15 is 0 Å². The maximum atomic E-state index is 11.7. The minimum absolute atomic E-state index is 0.148. The van der Waals surface area contributed by atoms with Gasteiger partial charge in [-0.3, -0.25) is 4.79 Å². The molecule has 0 radical (unpaired) electrons. The fourth-order valence-corrected chi connectivity index (χ4v) is 3.49. The van der Waals surface area contributed by atoms with Crippen LogP contribution in [0.3, 0.4) is 0 Å². The fourth-order valence-electron chi connectivity index (χ4n) is 3.49. The van der Waals surface area contributed by atoms with Gasteiger partial charge in [0.1, 0.15) is 6.54 Å². The van der Waals surface area contributed by atoms with Crippen LogP contribution in [0.25, 0.3) is 0 Å². The van der Waals surface area contributed by atoms with E-state index < -0.39 is 5.60 Å². The predicted molar refractivity (Wildman–Crippen MR) is 84.1 cm³/mol. The molecule has 1 N–H and O–H groups in total. The lowest BCUT2D eigenvalue weighted by molar-refractivity contribution is -0.961. The summed E-state index contributed by atoms with van der Waals surface area (Å²) in [6.45, 7) is 12.5. The van der Waals surface area contributed by atoms with Crippen LogP contribution in [0.2, 0.25) is 0 Å². The molecule has 1 aliphatic rings. The number of nitrogens with one attached hydrogen (secondary N) is 1. The van der Waals surface area contributed by atoms with E-state index in [1.54, 1.807) is 0 Å². The van der Waals surface area contributed by atoms with E-state index in [0.29, 0.717) is 5.92 Å². The van der Waals surface area contributed by atoms with Crippen LogP contribution >= 0.6 is 0 Å². The van der Waals surface area contributed by atoms with Crippen LogP contribution in [0.5, 0.6) is 0 Å². The van der Waals surface area contributed by atoms with E-state index in [2.05, 4.69) is 39.8 Å². The summed E-state index contributed by atoms with van der Waals surface area (Å²) >= 11 is 0. The van der Waals surface area contributed by atoms with Gasteiger partial charge in [0.15, 0.2) is 5.60 Å². The average Bonchev–Trinajstić information content (AvgIpc) is 2.37.